The number of carbonyl (C=O) groups is 1. The molecule has 2 aliphatic heterocycles. The summed E-state index contributed by atoms with van der Waals surface area (Å²) in [4.78, 5) is 15.3. The number of amides is 1. The first-order chi connectivity index (χ1) is 9.34. The van der Waals surface area contributed by atoms with Crippen molar-refractivity contribution in [3.63, 3.8) is 0 Å². The summed E-state index contributed by atoms with van der Waals surface area (Å²) in [6.07, 6.45) is 0.582. The molecule has 96 valence electrons. The number of hydrogen-bond donors (Lipinski definition) is 0. The third kappa shape index (κ3) is 1.60. The van der Waals surface area contributed by atoms with E-state index in [4.69, 9.17) is 4.74 Å². The molecule has 1 saturated heterocycles. The van der Waals surface area contributed by atoms with Crippen molar-refractivity contribution in [3.05, 3.63) is 57.8 Å². The van der Waals surface area contributed by atoms with E-state index in [1.807, 2.05) is 35.2 Å². The minimum absolute atomic E-state index is 0.0462. The van der Waals surface area contributed by atoms with Gasteiger partial charge in [-0.15, -0.1) is 11.3 Å². The number of ether oxygens (including phenoxy) is 1. The first kappa shape index (κ1) is 11.1. The largest absolute Gasteiger partial charge is 0.439 e. The van der Waals surface area contributed by atoms with Crippen molar-refractivity contribution < 1.29 is 9.53 Å². The molecule has 0 unspecified atom stereocenters. The summed E-state index contributed by atoms with van der Waals surface area (Å²) < 4.78 is 5.61. The molecular formula is C15H13NO2S. The Balaban J connectivity index is 1.81. The molecule has 0 bridgehead atoms. The monoisotopic (exact) mass is 271 g/mol. The Bertz CT molecular complexity index is 622. The molecule has 0 aliphatic carbocycles. The summed E-state index contributed by atoms with van der Waals surface area (Å²) in [6.45, 7) is 0.764. The van der Waals surface area contributed by atoms with Gasteiger partial charge in [0.15, 0.2) is 6.10 Å². The van der Waals surface area contributed by atoms with Crippen LogP contribution in [0.5, 0.6) is 0 Å². The third-order valence-electron chi connectivity index (χ3n) is 3.89. The van der Waals surface area contributed by atoms with Gasteiger partial charge in [0.05, 0.1) is 0 Å². The van der Waals surface area contributed by atoms with Gasteiger partial charge in [-0.2, -0.15) is 0 Å². The van der Waals surface area contributed by atoms with E-state index in [1.165, 1.54) is 10.4 Å². The average Bonchev–Trinajstić information content (AvgIpc) is 3.04. The summed E-state index contributed by atoms with van der Waals surface area (Å²) in [5.74, 6) is 0. The van der Waals surface area contributed by atoms with E-state index in [0.717, 1.165) is 18.5 Å². The standard InChI is InChI=1S/C15H13NO2S/c17-15-16-8-6-12-11(7-9-19-12)13(16)14(18-15)10-4-2-1-3-5-10/h1-5,7,9,13-14H,6,8H2/t13-,14+/m1/s1. The van der Waals surface area contributed by atoms with Crippen molar-refractivity contribution in [2.24, 2.45) is 0 Å². The first-order valence-electron chi connectivity index (χ1n) is 6.43. The highest BCUT2D eigenvalue weighted by Gasteiger charge is 2.46. The molecule has 3 nitrogen and oxygen atoms in total. The molecule has 4 heteroatoms. The summed E-state index contributed by atoms with van der Waals surface area (Å²) >= 11 is 1.78. The quantitative estimate of drug-likeness (QED) is 0.794. The van der Waals surface area contributed by atoms with Crippen LogP contribution in [0.3, 0.4) is 0 Å². The fourth-order valence-corrected chi connectivity index (χ4v) is 3.92. The molecule has 0 saturated carbocycles. The lowest BCUT2D eigenvalue weighted by molar-refractivity contribution is 0.130. The van der Waals surface area contributed by atoms with Crippen LogP contribution in [0.4, 0.5) is 4.79 Å². The van der Waals surface area contributed by atoms with Gasteiger partial charge in [-0.3, -0.25) is 4.90 Å². The highest BCUT2D eigenvalue weighted by atomic mass is 32.1. The van der Waals surface area contributed by atoms with Crippen molar-refractivity contribution >= 4 is 17.4 Å². The zero-order valence-corrected chi connectivity index (χ0v) is 11.1. The van der Waals surface area contributed by atoms with Crippen LogP contribution in [0.2, 0.25) is 0 Å². The summed E-state index contributed by atoms with van der Waals surface area (Å²) in [6, 6.07) is 12.2. The van der Waals surface area contributed by atoms with Crippen molar-refractivity contribution in [2.45, 2.75) is 18.6 Å². The van der Waals surface area contributed by atoms with Crippen LogP contribution in [0.1, 0.15) is 28.1 Å². The lowest BCUT2D eigenvalue weighted by Crippen LogP contribution is -2.33. The van der Waals surface area contributed by atoms with Crippen LogP contribution < -0.4 is 0 Å². The highest BCUT2D eigenvalue weighted by molar-refractivity contribution is 7.10. The number of thiophene rings is 1. The highest BCUT2D eigenvalue weighted by Crippen LogP contribution is 2.47. The number of nitrogens with zero attached hydrogens (tertiary/aromatic N) is 1. The van der Waals surface area contributed by atoms with Gasteiger partial charge in [-0.1, -0.05) is 30.3 Å². The van der Waals surface area contributed by atoms with Gasteiger partial charge in [0.2, 0.25) is 0 Å². The Kier molecular flexibility index (Phi) is 2.38. The predicted molar refractivity (Wildman–Crippen MR) is 73.1 cm³/mol. The zero-order valence-electron chi connectivity index (χ0n) is 10.3. The molecule has 1 aromatic heterocycles. The number of cyclic esters (lactones) is 1. The van der Waals surface area contributed by atoms with Gasteiger partial charge in [-0.25, -0.2) is 4.79 Å². The molecule has 0 radical (unpaired) electrons. The second kappa shape index (κ2) is 4.10. The maximum Gasteiger partial charge on any atom is 0.411 e. The van der Waals surface area contributed by atoms with Gasteiger partial charge >= 0.3 is 6.09 Å². The lowest BCUT2D eigenvalue weighted by Gasteiger charge is -2.29. The number of carbonyl (C=O) groups excluding carboxylic acids is 1. The Morgan fingerprint density at radius 3 is 2.89 bits per heavy atom. The molecule has 1 amide bonds. The number of fused-ring (bicyclic) bond motifs is 3. The average molecular weight is 271 g/mol. The molecule has 3 heterocycles. The van der Waals surface area contributed by atoms with E-state index in [9.17, 15) is 4.79 Å². The van der Waals surface area contributed by atoms with Gasteiger partial charge < -0.3 is 4.74 Å². The number of hydrogen-bond acceptors (Lipinski definition) is 3. The van der Waals surface area contributed by atoms with Gasteiger partial charge in [-0.05, 0) is 29.0 Å². The minimum atomic E-state index is -0.185. The molecule has 0 spiro atoms. The number of rotatable bonds is 1. The fourth-order valence-electron chi connectivity index (χ4n) is 3.01. The van der Waals surface area contributed by atoms with Crippen LogP contribution in [-0.2, 0) is 11.2 Å². The van der Waals surface area contributed by atoms with E-state index >= 15 is 0 Å². The predicted octanol–water partition coefficient (Wildman–Crippen LogP) is 3.54. The molecule has 0 N–H and O–H groups in total. The zero-order chi connectivity index (χ0) is 12.8. The third-order valence-corrected chi connectivity index (χ3v) is 4.89. The van der Waals surface area contributed by atoms with Crippen LogP contribution in [0.15, 0.2) is 41.8 Å². The van der Waals surface area contributed by atoms with Crippen LogP contribution >= 0.6 is 11.3 Å². The fraction of sp³-hybridized carbons (Fsp3) is 0.267. The van der Waals surface area contributed by atoms with Crippen LogP contribution in [0.25, 0.3) is 0 Å². The summed E-state index contributed by atoms with van der Waals surface area (Å²) in [5.41, 5.74) is 2.33. The normalized spacial score (nSPS) is 24.8. The molecular weight excluding hydrogens is 258 g/mol. The van der Waals surface area contributed by atoms with E-state index in [1.54, 1.807) is 11.3 Å². The molecule has 1 aromatic carbocycles. The maximum atomic E-state index is 12.0. The van der Waals surface area contributed by atoms with Crippen molar-refractivity contribution in [1.82, 2.24) is 4.90 Å². The van der Waals surface area contributed by atoms with Crippen molar-refractivity contribution in [1.29, 1.82) is 0 Å². The first-order valence-corrected chi connectivity index (χ1v) is 7.31. The molecule has 1 fully saturated rings. The van der Waals surface area contributed by atoms with Crippen molar-refractivity contribution in [2.75, 3.05) is 6.54 Å². The van der Waals surface area contributed by atoms with Gasteiger partial charge in [0, 0.05) is 11.4 Å². The second-order valence-corrected chi connectivity index (χ2v) is 5.90. The Morgan fingerprint density at radius 1 is 1.21 bits per heavy atom. The van der Waals surface area contributed by atoms with Gasteiger partial charge in [0.25, 0.3) is 0 Å². The molecule has 2 atom stereocenters. The Labute approximate surface area is 115 Å². The SMILES string of the molecule is O=C1O[C@@H](c2ccccc2)[C@H]2c3ccsc3CCN12. The summed E-state index contributed by atoms with van der Waals surface area (Å²) in [7, 11) is 0. The second-order valence-electron chi connectivity index (χ2n) is 4.90. The molecule has 19 heavy (non-hydrogen) atoms. The van der Waals surface area contributed by atoms with Crippen LogP contribution in [-0.4, -0.2) is 17.5 Å². The molecule has 2 aliphatic rings. The van der Waals surface area contributed by atoms with E-state index in [0.29, 0.717) is 0 Å². The van der Waals surface area contributed by atoms with E-state index < -0.39 is 0 Å². The lowest BCUT2D eigenvalue weighted by atomic mass is 9.93. The Morgan fingerprint density at radius 2 is 2.05 bits per heavy atom. The minimum Gasteiger partial charge on any atom is -0.439 e. The summed E-state index contributed by atoms with van der Waals surface area (Å²) in [5, 5.41) is 2.11. The van der Waals surface area contributed by atoms with Gasteiger partial charge in [0.1, 0.15) is 6.04 Å². The topological polar surface area (TPSA) is 29.5 Å². The van der Waals surface area contributed by atoms with E-state index in [-0.39, 0.29) is 18.2 Å². The van der Waals surface area contributed by atoms with E-state index in [2.05, 4.69) is 11.4 Å². The smallest absolute Gasteiger partial charge is 0.411 e. The maximum absolute atomic E-state index is 12.0. The molecule has 4 rings (SSSR count). The van der Waals surface area contributed by atoms with Crippen molar-refractivity contribution in [3.8, 4) is 0 Å². The number of benzene rings is 1. The molecule has 2 aromatic rings. The Hall–Kier alpha value is -1.81. The van der Waals surface area contributed by atoms with Crippen LogP contribution in [0, 0.1) is 0 Å².